The van der Waals surface area contributed by atoms with Gasteiger partial charge in [-0.3, -0.25) is 0 Å². The van der Waals surface area contributed by atoms with E-state index < -0.39 is 0 Å². The third-order valence-electron chi connectivity index (χ3n) is 2.68. The van der Waals surface area contributed by atoms with Gasteiger partial charge in [-0.25, -0.2) is 0 Å². The van der Waals surface area contributed by atoms with Crippen LogP contribution in [0.25, 0.3) is 0 Å². The zero-order valence-electron chi connectivity index (χ0n) is 9.82. The van der Waals surface area contributed by atoms with Gasteiger partial charge in [0.25, 0.3) is 0 Å². The minimum Gasteiger partial charge on any atom is -0.122 e. The van der Waals surface area contributed by atoms with E-state index in [4.69, 9.17) is 11.6 Å². The summed E-state index contributed by atoms with van der Waals surface area (Å²) in [7, 11) is 0. The Bertz CT molecular complexity index is 480. The molecule has 0 saturated carbocycles. The van der Waals surface area contributed by atoms with Gasteiger partial charge in [0.1, 0.15) is 0 Å². The first kappa shape index (κ1) is 12.5. The molecule has 0 aliphatic heterocycles. The van der Waals surface area contributed by atoms with Crippen molar-refractivity contribution < 1.29 is 0 Å². The number of alkyl halides is 1. The van der Waals surface area contributed by atoms with Crippen LogP contribution in [0.1, 0.15) is 18.1 Å². The second-order valence-electron chi connectivity index (χ2n) is 3.83. The van der Waals surface area contributed by atoms with Crippen LogP contribution in [0, 0.1) is 0 Å². The summed E-state index contributed by atoms with van der Waals surface area (Å²) in [5, 5.41) is 0. The van der Waals surface area contributed by atoms with Crippen LogP contribution in [0.2, 0.25) is 0 Å². The van der Waals surface area contributed by atoms with Crippen LogP contribution in [0.15, 0.2) is 58.3 Å². The van der Waals surface area contributed by atoms with E-state index in [1.807, 2.05) is 6.07 Å². The molecule has 0 atom stereocenters. The molecule has 0 amide bonds. The van der Waals surface area contributed by atoms with Crippen molar-refractivity contribution in [3.63, 3.8) is 0 Å². The van der Waals surface area contributed by atoms with Crippen molar-refractivity contribution in [3.05, 3.63) is 59.7 Å². The number of benzene rings is 2. The van der Waals surface area contributed by atoms with E-state index in [-0.39, 0.29) is 0 Å². The Hall–Kier alpha value is -0.920. The first-order chi connectivity index (χ1) is 8.33. The van der Waals surface area contributed by atoms with Gasteiger partial charge in [0.05, 0.1) is 0 Å². The van der Waals surface area contributed by atoms with Gasteiger partial charge in [-0.1, -0.05) is 43.0 Å². The van der Waals surface area contributed by atoms with Gasteiger partial charge in [0, 0.05) is 15.7 Å². The number of halogens is 1. The average molecular weight is 263 g/mol. The Labute approximate surface area is 112 Å². The van der Waals surface area contributed by atoms with Crippen molar-refractivity contribution in [3.8, 4) is 0 Å². The van der Waals surface area contributed by atoms with E-state index in [0.29, 0.717) is 5.88 Å². The third kappa shape index (κ3) is 3.27. The van der Waals surface area contributed by atoms with Gasteiger partial charge in [0.15, 0.2) is 0 Å². The Kier molecular flexibility index (Phi) is 4.52. The molecule has 88 valence electrons. The molecule has 2 heteroatoms. The Morgan fingerprint density at radius 1 is 0.941 bits per heavy atom. The maximum atomic E-state index is 5.92. The summed E-state index contributed by atoms with van der Waals surface area (Å²) in [5.41, 5.74) is 2.59. The molecule has 2 aromatic rings. The van der Waals surface area contributed by atoms with Gasteiger partial charge in [-0.05, 0) is 41.8 Å². The fourth-order valence-corrected chi connectivity index (χ4v) is 2.91. The highest BCUT2D eigenvalue weighted by Gasteiger charge is 2.03. The second kappa shape index (κ2) is 6.13. The van der Waals surface area contributed by atoms with Gasteiger partial charge in [-0.2, -0.15) is 0 Å². The number of hydrogen-bond donors (Lipinski definition) is 0. The Balaban J connectivity index is 2.22. The summed E-state index contributed by atoms with van der Waals surface area (Å²) in [5.74, 6) is 0.597. The molecule has 0 bridgehead atoms. The lowest BCUT2D eigenvalue weighted by molar-refractivity contribution is 1.08. The van der Waals surface area contributed by atoms with E-state index in [0.717, 1.165) is 6.42 Å². The molecule has 0 aromatic heterocycles. The standard InChI is InChI=1S/C15H15ClS/c1-2-12-10-15(9-8-13(12)11-16)17-14-6-4-3-5-7-14/h3-10H,2,11H2,1H3. The van der Waals surface area contributed by atoms with Crippen LogP contribution in [-0.2, 0) is 12.3 Å². The van der Waals surface area contributed by atoms with E-state index in [2.05, 4.69) is 49.4 Å². The molecular formula is C15H15ClS. The monoisotopic (exact) mass is 262 g/mol. The molecule has 2 aromatic carbocycles. The van der Waals surface area contributed by atoms with Crippen molar-refractivity contribution in [2.24, 2.45) is 0 Å². The van der Waals surface area contributed by atoms with Gasteiger partial charge in [0.2, 0.25) is 0 Å². The molecule has 0 saturated heterocycles. The fourth-order valence-electron chi connectivity index (χ4n) is 1.75. The van der Waals surface area contributed by atoms with Crippen molar-refractivity contribution >= 4 is 23.4 Å². The van der Waals surface area contributed by atoms with Crippen LogP contribution < -0.4 is 0 Å². The lowest BCUT2D eigenvalue weighted by Gasteiger charge is -2.08. The predicted octanol–water partition coefficient (Wildman–Crippen LogP) is 5.14. The highest BCUT2D eigenvalue weighted by atomic mass is 35.5. The minimum atomic E-state index is 0.597. The van der Waals surface area contributed by atoms with Crippen molar-refractivity contribution in [1.29, 1.82) is 0 Å². The average Bonchev–Trinajstić information content (AvgIpc) is 2.40. The van der Waals surface area contributed by atoms with Crippen molar-refractivity contribution in [1.82, 2.24) is 0 Å². The van der Waals surface area contributed by atoms with E-state index in [1.54, 1.807) is 11.8 Å². The summed E-state index contributed by atoms with van der Waals surface area (Å²) >= 11 is 7.71. The Morgan fingerprint density at radius 2 is 1.71 bits per heavy atom. The molecule has 0 aliphatic carbocycles. The van der Waals surface area contributed by atoms with E-state index in [1.165, 1.54) is 20.9 Å². The molecule has 0 unspecified atom stereocenters. The number of hydrogen-bond acceptors (Lipinski definition) is 1. The smallest absolute Gasteiger partial charge is 0.0476 e. The summed E-state index contributed by atoms with van der Waals surface area (Å²) < 4.78 is 0. The summed E-state index contributed by atoms with van der Waals surface area (Å²) in [6, 6.07) is 17.0. The molecule has 0 spiro atoms. The minimum absolute atomic E-state index is 0.597. The zero-order chi connectivity index (χ0) is 12.1. The Morgan fingerprint density at radius 3 is 2.35 bits per heavy atom. The van der Waals surface area contributed by atoms with Crippen LogP contribution >= 0.6 is 23.4 Å². The normalized spacial score (nSPS) is 10.5. The summed E-state index contributed by atoms with van der Waals surface area (Å²) in [4.78, 5) is 2.55. The van der Waals surface area contributed by atoms with Crippen LogP contribution in [0.4, 0.5) is 0 Å². The molecule has 0 aliphatic rings. The SMILES string of the molecule is CCc1cc(Sc2ccccc2)ccc1CCl. The molecule has 0 radical (unpaired) electrons. The largest absolute Gasteiger partial charge is 0.122 e. The summed E-state index contributed by atoms with van der Waals surface area (Å²) in [6.45, 7) is 2.17. The molecule has 0 nitrogen and oxygen atoms in total. The third-order valence-corrected chi connectivity index (χ3v) is 3.97. The molecule has 2 rings (SSSR count). The lowest BCUT2D eigenvalue weighted by Crippen LogP contribution is -1.89. The predicted molar refractivity (Wildman–Crippen MR) is 75.9 cm³/mol. The number of aryl methyl sites for hydroxylation is 1. The van der Waals surface area contributed by atoms with Crippen molar-refractivity contribution in [2.75, 3.05) is 0 Å². The maximum absolute atomic E-state index is 5.92. The second-order valence-corrected chi connectivity index (χ2v) is 5.25. The highest BCUT2D eigenvalue weighted by Crippen LogP contribution is 2.29. The first-order valence-corrected chi connectivity index (χ1v) is 7.09. The quantitative estimate of drug-likeness (QED) is 0.688. The molecule has 0 fully saturated rings. The van der Waals surface area contributed by atoms with Gasteiger partial charge >= 0.3 is 0 Å². The number of rotatable bonds is 4. The van der Waals surface area contributed by atoms with Crippen LogP contribution in [0.5, 0.6) is 0 Å². The lowest BCUT2D eigenvalue weighted by atomic mass is 10.1. The first-order valence-electron chi connectivity index (χ1n) is 5.74. The maximum Gasteiger partial charge on any atom is 0.0476 e. The highest BCUT2D eigenvalue weighted by molar-refractivity contribution is 7.99. The molecule has 0 N–H and O–H groups in total. The van der Waals surface area contributed by atoms with Gasteiger partial charge < -0.3 is 0 Å². The molecular weight excluding hydrogens is 248 g/mol. The fraction of sp³-hybridized carbons (Fsp3) is 0.200. The van der Waals surface area contributed by atoms with Crippen LogP contribution in [-0.4, -0.2) is 0 Å². The van der Waals surface area contributed by atoms with Crippen molar-refractivity contribution in [2.45, 2.75) is 29.0 Å². The topological polar surface area (TPSA) is 0 Å². The molecule has 0 heterocycles. The summed E-state index contributed by atoms with van der Waals surface area (Å²) in [6.07, 6.45) is 1.03. The molecule has 17 heavy (non-hydrogen) atoms. The van der Waals surface area contributed by atoms with Crippen LogP contribution in [0.3, 0.4) is 0 Å². The van der Waals surface area contributed by atoms with E-state index >= 15 is 0 Å². The van der Waals surface area contributed by atoms with E-state index in [9.17, 15) is 0 Å². The zero-order valence-corrected chi connectivity index (χ0v) is 11.4. The van der Waals surface area contributed by atoms with Gasteiger partial charge in [-0.15, -0.1) is 11.6 Å².